The van der Waals surface area contributed by atoms with Crippen molar-refractivity contribution in [3.05, 3.63) is 42.0 Å². The molecular formula is C19H21NO4. The summed E-state index contributed by atoms with van der Waals surface area (Å²) >= 11 is 0. The summed E-state index contributed by atoms with van der Waals surface area (Å²) < 4.78 is 21.4. The van der Waals surface area contributed by atoms with Crippen LogP contribution in [0.3, 0.4) is 0 Å². The van der Waals surface area contributed by atoms with Crippen molar-refractivity contribution >= 4 is 10.9 Å². The molecule has 0 atom stereocenters. The third kappa shape index (κ3) is 2.78. The number of methoxy groups -OCH3 is 3. The van der Waals surface area contributed by atoms with Gasteiger partial charge in [-0.3, -0.25) is 0 Å². The Balaban J connectivity index is 2.14. The lowest BCUT2D eigenvalue weighted by molar-refractivity contribution is 0.0502. The van der Waals surface area contributed by atoms with E-state index in [9.17, 15) is 0 Å². The van der Waals surface area contributed by atoms with Gasteiger partial charge in [0.2, 0.25) is 0 Å². The van der Waals surface area contributed by atoms with E-state index in [4.69, 9.17) is 18.9 Å². The molecule has 0 aliphatic carbocycles. The maximum atomic E-state index is 5.73. The van der Waals surface area contributed by atoms with Crippen molar-refractivity contribution in [3.63, 3.8) is 0 Å². The molecule has 2 aromatic carbocycles. The molecule has 3 rings (SSSR count). The van der Waals surface area contributed by atoms with E-state index in [0.29, 0.717) is 11.5 Å². The first kappa shape index (κ1) is 16.2. The van der Waals surface area contributed by atoms with Crippen molar-refractivity contribution in [2.75, 3.05) is 28.1 Å². The van der Waals surface area contributed by atoms with Crippen LogP contribution >= 0.6 is 0 Å². The van der Waals surface area contributed by atoms with E-state index < -0.39 is 0 Å². The summed E-state index contributed by atoms with van der Waals surface area (Å²) in [6, 6.07) is 11.9. The Morgan fingerprint density at radius 3 is 2.29 bits per heavy atom. The summed E-state index contributed by atoms with van der Waals surface area (Å²) in [6.45, 7) is 2.25. The lowest BCUT2D eigenvalue weighted by Gasteiger charge is -2.10. The first-order valence-electron chi connectivity index (χ1n) is 7.65. The molecule has 5 nitrogen and oxygen atoms in total. The summed E-state index contributed by atoms with van der Waals surface area (Å²) in [7, 11) is 4.88. The molecule has 0 saturated heterocycles. The van der Waals surface area contributed by atoms with E-state index >= 15 is 0 Å². The summed E-state index contributed by atoms with van der Waals surface area (Å²) in [5.74, 6) is 2.15. The highest BCUT2D eigenvalue weighted by Gasteiger charge is 2.17. The smallest absolute Gasteiger partial charge is 0.189 e. The molecule has 0 bridgehead atoms. The molecule has 1 N–H and O–H groups in total. The van der Waals surface area contributed by atoms with Crippen molar-refractivity contribution in [1.29, 1.82) is 0 Å². The average molecular weight is 327 g/mol. The molecule has 0 saturated carbocycles. The minimum atomic E-state index is 0.158. The Morgan fingerprint density at radius 1 is 0.917 bits per heavy atom. The standard InChI is InChI=1S/C19H21NO4/c1-12-15-9-10-16(23-4)19(24-11-21-2)18(15)20-17(12)13-5-7-14(22-3)8-6-13/h5-10,20H,11H2,1-4H3. The molecule has 0 radical (unpaired) electrons. The Bertz CT molecular complexity index is 837. The van der Waals surface area contributed by atoms with Crippen LogP contribution in [0.2, 0.25) is 0 Å². The van der Waals surface area contributed by atoms with Gasteiger partial charge in [0, 0.05) is 18.2 Å². The maximum absolute atomic E-state index is 5.73. The van der Waals surface area contributed by atoms with Gasteiger partial charge in [0.1, 0.15) is 5.75 Å². The van der Waals surface area contributed by atoms with Gasteiger partial charge in [-0.15, -0.1) is 0 Å². The van der Waals surface area contributed by atoms with E-state index in [2.05, 4.69) is 11.9 Å². The highest BCUT2D eigenvalue weighted by Crippen LogP contribution is 2.40. The summed E-state index contributed by atoms with van der Waals surface area (Å²) in [6.07, 6.45) is 0. The van der Waals surface area contributed by atoms with Gasteiger partial charge in [0.25, 0.3) is 0 Å². The number of nitrogens with one attached hydrogen (secondary N) is 1. The number of fused-ring (bicyclic) bond motifs is 1. The van der Waals surface area contributed by atoms with Crippen molar-refractivity contribution < 1.29 is 18.9 Å². The van der Waals surface area contributed by atoms with Gasteiger partial charge in [-0.1, -0.05) is 0 Å². The molecule has 1 heterocycles. The monoisotopic (exact) mass is 327 g/mol. The van der Waals surface area contributed by atoms with Gasteiger partial charge in [0.05, 0.1) is 19.7 Å². The van der Waals surface area contributed by atoms with E-state index in [1.807, 2.05) is 36.4 Å². The average Bonchev–Trinajstić information content (AvgIpc) is 2.96. The Morgan fingerprint density at radius 2 is 1.67 bits per heavy atom. The quantitative estimate of drug-likeness (QED) is 0.691. The predicted octanol–water partition coefficient (Wildman–Crippen LogP) is 4.14. The Labute approximate surface area is 141 Å². The zero-order valence-electron chi connectivity index (χ0n) is 14.3. The molecule has 24 heavy (non-hydrogen) atoms. The third-order valence-corrected chi connectivity index (χ3v) is 4.07. The molecule has 0 amide bonds. The molecular weight excluding hydrogens is 306 g/mol. The van der Waals surface area contributed by atoms with E-state index in [1.165, 1.54) is 0 Å². The molecule has 0 spiro atoms. The van der Waals surface area contributed by atoms with E-state index in [0.717, 1.165) is 33.5 Å². The first-order chi connectivity index (χ1) is 11.7. The molecule has 3 aromatic rings. The van der Waals surface area contributed by atoms with Crippen LogP contribution in [0, 0.1) is 6.92 Å². The molecule has 0 unspecified atom stereocenters. The molecule has 5 heteroatoms. The summed E-state index contributed by atoms with van der Waals surface area (Å²) in [5.41, 5.74) is 4.18. The number of ether oxygens (including phenoxy) is 4. The van der Waals surface area contributed by atoms with Gasteiger partial charge >= 0.3 is 0 Å². The van der Waals surface area contributed by atoms with Crippen LogP contribution in [-0.2, 0) is 4.74 Å². The summed E-state index contributed by atoms with van der Waals surface area (Å²) in [4.78, 5) is 3.47. The second-order valence-electron chi connectivity index (χ2n) is 5.42. The molecule has 0 aliphatic rings. The lowest BCUT2D eigenvalue weighted by atomic mass is 10.1. The third-order valence-electron chi connectivity index (χ3n) is 4.07. The summed E-state index contributed by atoms with van der Waals surface area (Å²) in [5, 5.41) is 1.09. The zero-order valence-corrected chi connectivity index (χ0v) is 14.3. The topological polar surface area (TPSA) is 52.7 Å². The number of aryl methyl sites for hydroxylation is 1. The van der Waals surface area contributed by atoms with Crippen LogP contribution in [0.4, 0.5) is 0 Å². The number of hydrogen-bond donors (Lipinski definition) is 1. The van der Waals surface area contributed by atoms with Crippen LogP contribution in [0.5, 0.6) is 17.2 Å². The number of H-pyrrole nitrogens is 1. The number of hydrogen-bond acceptors (Lipinski definition) is 4. The second-order valence-corrected chi connectivity index (χ2v) is 5.42. The minimum absolute atomic E-state index is 0.158. The fourth-order valence-electron chi connectivity index (χ4n) is 2.82. The van der Waals surface area contributed by atoms with Crippen molar-refractivity contribution in [2.24, 2.45) is 0 Å². The SMILES string of the molecule is COCOc1c(OC)ccc2c(C)c(-c3ccc(OC)cc3)[nH]c12. The second kappa shape index (κ2) is 6.84. The highest BCUT2D eigenvalue weighted by molar-refractivity contribution is 5.95. The lowest BCUT2D eigenvalue weighted by Crippen LogP contribution is -2.01. The van der Waals surface area contributed by atoms with Gasteiger partial charge in [-0.05, 0) is 54.4 Å². The van der Waals surface area contributed by atoms with Crippen LogP contribution in [0.25, 0.3) is 22.2 Å². The van der Waals surface area contributed by atoms with Crippen molar-refractivity contribution in [2.45, 2.75) is 6.92 Å². The van der Waals surface area contributed by atoms with Gasteiger partial charge in [-0.2, -0.15) is 0 Å². The van der Waals surface area contributed by atoms with Crippen LogP contribution < -0.4 is 14.2 Å². The number of aromatic nitrogens is 1. The zero-order chi connectivity index (χ0) is 17.1. The first-order valence-corrected chi connectivity index (χ1v) is 7.65. The van der Waals surface area contributed by atoms with Crippen molar-refractivity contribution in [3.8, 4) is 28.5 Å². The Kier molecular flexibility index (Phi) is 4.62. The Hall–Kier alpha value is -2.66. The fourth-order valence-corrected chi connectivity index (χ4v) is 2.82. The predicted molar refractivity (Wildman–Crippen MR) is 94.1 cm³/mol. The number of rotatable bonds is 6. The van der Waals surface area contributed by atoms with Crippen molar-refractivity contribution in [1.82, 2.24) is 4.98 Å². The van der Waals surface area contributed by atoms with E-state index in [1.54, 1.807) is 21.3 Å². The minimum Gasteiger partial charge on any atom is -0.497 e. The molecule has 0 aliphatic heterocycles. The normalized spacial score (nSPS) is 10.8. The largest absolute Gasteiger partial charge is 0.497 e. The highest BCUT2D eigenvalue weighted by atomic mass is 16.7. The number of aromatic amines is 1. The molecule has 1 aromatic heterocycles. The van der Waals surface area contributed by atoms with Crippen LogP contribution in [0.1, 0.15) is 5.56 Å². The fraction of sp³-hybridized carbons (Fsp3) is 0.263. The van der Waals surface area contributed by atoms with E-state index in [-0.39, 0.29) is 6.79 Å². The van der Waals surface area contributed by atoms with Gasteiger partial charge in [-0.25, -0.2) is 0 Å². The van der Waals surface area contributed by atoms with Gasteiger partial charge in [0.15, 0.2) is 18.3 Å². The maximum Gasteiger partial charge on any atom is 0.189 e. The van der Waals surface area contributed by atoms with Gasteiger partial charge < -0.3 is 23.9 Å². The van der Waals surface area contributed by atoms with Crippen LogP contribution in [-0.4, -0.2) is 33.1 Å². The van der Waals surface area contributed by atoms with Crippen LogP contribution in [0.15, 0.2) is 36.4 Å². The number of benzene rings is 2. The molecule has 0 fully saturated rings. The molecule has 126 valence electrons.